The first-order valence-electron chi connectivity index (χ1n) is 28.1. The molecule has 2 heterocycles. The van der Waals surface area contributed by atoms with Crippen molar-refractivity contribution in [3.05, 3.63) is 290 Å². The Bertz CT molecular complexity index is 5290. The molecule has 0 saturated heterocycles. The van der Waals surface area contributed by atoms with Crippen LogP contribution in [-0.2, 0) is 6.42 Å². The maximum absolute atomic E-state index is 5.03. The van der Waals surface area contributed by atoms with Crippen LogP contribution in [0.2, 0.25) is 0 Å². The molecule has 0 fully saturated rings. The molecule has 0 spiro atoms. The molecule has 0 amide bonds. The number of benzene rings is 14. The zero-order chi connectivity index (χ0) is 54.3. The molecule has 2 aromatic heterocycles. The zero-order valence-electron chi connectivity index (χ0n) is 45.0. The molecular weight excluding hydrogens is 993 g/mol. The molecule has 0 bridgehead atoms. The van der Waals surface area contributed by atoms with E-state index < -0.39 is 0 Å². The van der Waals surface area contributed by atoms with Gasteiger partial charge in [0.15, 0.2) is 0 Å². The van der Waals surface area contributed by atoms with E-state index in [9.17, 15) is 0 Å². The standard InChI is InChI=1S/C78H50N4/c1-48-79-37-36-73(82-48)58-31-34-69-72(44-58)78(63-30-26-53-15-5-9-19-57(53)43-63)70-39-49(22-33-67(70)76(69)61-28-24-51-13-3-7-17-55(51)41-61)38-64-46-74(81-47-80-64)59-32-35-68-71(45-59)77(62-29-25-52-14-4-8-18-56(52)42-62)66-21-11-10-20-65(66)75(68)60-27-23-50-12-2-6-16-54(50)40-60/h2-37,39-47H,38H2,1H3. The largest absolute Gasteiger partial charge is 0.242 e. The molecule has 382 valence electrons. The van der Waals surface area contributed by atoms with Crippen molar-refractivity contribution in [2.24, 2.45) is 0 Å². The van der Waals surface area contributed by atoms with Crippen molar-refractivity contribution in [1.82, 2.24) is 19.9 Å². The van der Waals surface area contributed by atoms with Crippen molar-refractivity contribution >= 4 is 86.2 Å². The highest BCUT2D eigenvalue weighted by atomic mass is 14.9. The lowest BCUT2D eigenvalue weighted by molar-refractivity contribution is 1.03. The van der Waals surface area contributed by atoms with Crippen molar-refractivity contribution < 1.29 is 0 Å². The molecule has 14 aromatic carbocycles. The average molecular weight is 1040 g/mol. The molecule has 16 aromatic rings. The van der Waals surface area contributed by atoms with Gasteiger partial charge in [0, 0.05) is 29.4 Å². The molecule has 0 unspecified atom stereocenters. The van der Waals surface area contributed by atoms with Crippen molar-refractivity contribution in [3.63, 3.8) is 0 Å². The minimum absolute atomic E-state index is 0.610. The minimum Gasteiger partial charge on any atom is -0.242 e. The van der Waals surface area contributed by atoms with E-state index in [0.29, 0.717) is 6.42 Å². The third-order valence-electron chi connectivity index (χ3n) is 16.8. The van der Waals surface area contributed by atoms with E-state index in [1.807, 2.05) is 19.2 Å². The highest BCUT2D eigenvalue weighted by Gasteiger charge is 2.22. The molecule has 16 rings (SSSR count). The molecule has 0 saturated carbocycles. The van der Waals surface area contributed by atoms with E-state index >= 15 is 0 Å². The second-order valence-electron chi connectivity index (χ2n) is 21.8. The first kappa shape index (κ1) is 47.3. The van der Waals surface area contributed by atoms with Crippen LogP contribution >= 0.6 is 0 Å². The molecule has 0 aliphatic rings. The Kier molecular flexibility index (Phi) is 11.1. The molecular formula is C78H50N4. The Labute approximate surface area is 474 Å². The number of hydrogen-bond acceptors (Lipinski definition) is 4. The van der Waals surface area contributed by atoms with Crippen LogP contribution in [-0.4, -0.2) is 19.9 Å². The van der Waals surface area contributed by atoms with E-state index in [0.717, 1.165) is 50.5 Å². The van der Waals surface area contributed by atoms with Gasteiger partial charge < -0.3 is 0 Å². The first-order valence-corrected chi connectivity index (χ1v) is 28.1. The highest BCUT2D eigenvalue weighted by Crippen LogP contribution is 2.48. The lowest BCUT2D eigenvalue weighted by Crippen LogP contribution is -1.97. The monoisotopic (exact) mass is 1040 g/mol. The van der Waals surface area contributed by atoms with Crippen LogP contribution in [0.15, 0.2) is 273 Å². The van der Waals surface area contributed by atoms with Gasteiger partial charge in [0.1, 0.15) is 12.2 Å². The normalized spacial score (nSPS) is 11.8. The zero-order valence-corrected chi connectivity index (χ0v) is 45.0. The van der Waals surface area contributed by atoms with E-state index in [1.165, 1.54) is 120 Å². The van der Waals surface area contributed by atoms with Crippen LogP contribution in [0.5, 0.6) is 0 Å². The van der Waals surface area contributed by atoms with E-state index in [1.54, 1.807) is 6.33 Å². The maximum Gasteiger partial charge on any atom is 0.125 e. The van der Waals surface area contributed by atoms with Gasteiger partial charge in [-0.15, -0.1) is 0 Å². The molecule has 4 nitrogen and oxygen atoms in total. The Morgan fingerprint density at radius 3 is 1.12 bits per heavy atom. The fraction of sp³-hybridized carbons (Fsp3) is 0.0256. The SMILES string of the molecule is Cc1nccc(-c2ccc3c(-c4ccc5ccccc5c4)c4ccc(Cc5cc(-c6ccc7c(-c8ccc9ccccc9c8)c8ccccc8c(-c8ccc9ccccc9c8)c7c6)ncn5)cc4c(-c4ccc5ccccc5c4)c3c2)n1. The molecule has 0 aliphatic heterocycles. The van der Waals surface area contributed by atoms with Crippen LogP contribution in [0.1, 0.15) is 17.1 Å². The van der Waals surface area contributed by atoms with Crippen LogP contribution in [0.4, 0.5) is 0 Å². The fourth-order valence-corrected chi connectivity index (χ4v) is 13.0. The van der Waals surface area contributed by atoms with Crippen molar-refractivity contribution in [3.8, 4) is 67.0 Å². The molecule has 0 atom stereocenters. The van der Waals surface area contributed by atoms with Crippen molar-refractivity contribution in [2.45, 2.75) is 13.3 Å². The summed E-state index contributed by atoms with van der Waals surface area (Å²) in [5, 5.41) is 19.3. The number of rotatable bonds is 8. The Hall–Kier alpha value is -10.7. The van der Waals surface area contributed by atoms with Gasteiger partial charge in [-0.1, -0.05) is 212 Å². The molecule has 4 heteroatoms. The quantitative estimate of drug-likeness (QED) is 0.142. The molecule has 82 heavy (non-hydrogen) atoms. The summed E-state index contributed by atoms with van der Waals surface area (Å²) in [4.78, 5) is 19.4. The first-order chi connectivity index (χ1) is 40.5. The molecule has 0 N–H and O–H groups in total. The molecule has 0 aliphatic carbocycles. The van der Waals surface area contributed by atoms with Crippen molar-refractivity contribution in [2.75, 3.05) is 0 Å². The number of aryl methyl sites for hydroxylation is 1. The lowest BCUT2D eigenvalue weighted by Gasteiger charge is -2.20. The maximum atomic E-state index is 5.03. The Balaban J connectivity index is 0.880. The third-order valence-corrected chi connectivity index (χ3v) is 16.8. The number of nitrogens with zero attached hydrogens (tertiary/aromatic N) is 4. The van der Waals surface area contributed by atoms with Gasteiger partial charge in [0.2, 0.25) is 0 Å². The summed E-state index contributed by atoms with van der Waals surface area (Å²) in [5.41, 5.74) is 15.5. The second-order valence-corrected chi connectivity index (χ2v) is 21.8. The summed E-state index contributed by atoms with van der Waals surface area (Å²) >= 11 is 0. The van der Waals surface area contributed by atoms with Crippen LogP contribution in [0.3, 0.4) is 0 Å². The third kappa shape index (κ3) is 8.14. The number of hydrogen-bond donors (Lipinski definition) is 0. The van der Waals surface area contributed by atoms with Crippen LogP contribution in [0, 0.1) is 6.92 Å². The van der Waals surface area contributed by atoms with Gasteiger partial charge >= 0.3 is 0 Å². The van der Waals surface area contributed by atoms with E-state index in [4.69, 9.17) is 15.0 Å². The Morgan fingerprint density at radius 2 is 0.646 bits per heavy atom. The summed E-state index contributed by atoms with van der Waals surface area (Å²) in [7, 11) is 0. The predicted octanol–water partition coefficient (Wildman–Crippen LogP) is 20.4. The van der Waals surface area contributed by atoms with Gasteiger partial charge in [-0.2, -0.15) is 0 Å². The summed E-state index contributed by atoms with van der Waals surface area (Å²) in [5.74, 6) is 0.742. The van der Waals surface area contributed by atoms with Gasteiger partial charge in [-0.25, -0.2) is 19.9 Å². The van der Waals surface area contributed by atoms with Gasteiger partial charge in [-0.05, 0) is 192 Å². The number of aromatic nitrogens is 4. The lowest BCUT2D eigenvalue weighted by atomic mass is 9.83. The smallest absolute Gasteiger partial charge is 0.125 e. The predicted molar refractivity (Wildman–Crippen MR) is 344 cm³/mol. The number of fused-ring (bicyclic) bond motifs is 8. The summed E-state index contributed by atoms with van der Waals surface area (Å²) in [6.07, 6.45) is 4.20. The van der Waals surface area contributed by atoms with E-state index in [-0.39, 0.29) is 0 Å². The fourth-order valence-electron chi connectivity index (χ4n) is 13.0. The van der Waals surface area contributed by atoms with Gasteiger partial charge in [0.25, 0.3) is 0 Å². The van der Waals surface area contributed by atoms with Gasteiger partial charge in [-0.3, -0.25) is 0 Å². The van der Waals surface area contributed by atoms with Gasteiger partial charge in [0.05, 0.1) is 11.4 Å². The van der Waals surface area contributed by atoms with Crippen LogP contribution < -0.4 is 0 Å². The Morgan fingerprint density at radius 1 is 0.268 bits per heavy atom. The van der Waals surface area contributed by atoms with Crippen LogP contribution in [0.25, 0.3) is 153 Å². The topological polar surface area (TPSA) is 51.6 Å². The minimum atomic E-state index is 0.610. The second kappa shape index (κ2) is 19.3. The highest BCUT2D eigenvalue weighted by molar-refractivity contribution is 6.24. The summed E-state index contributed by atoms with van der Waals surface area (Å²) in [6, 6.07) is 96.1. The summed E-state index contributed by atoms with van der Waals surface area (Å²) in [6.45, 7) is 1.95. The average Bonchev–Trinajstić information content (AvgIpc) is 3.07. The van der Waals surface area contributed by atoms with Crippen molar-refractivity contribution in [1.29, 1.82) is 0 Å². The summed E-state index contributed by atoms with van der Waals surface area (Å²) < 4.78 is 0. The van der Waals surface area contributed by atoms with E-state index in [2.05, 4.69) is 260 Å². The molecule has 0 radical (unpaired) electrons.